The molecule has 1 aromatic heterocycles. The maximum Gasteiger partial charge on any atom is 0.341 e. The van der Waals surface area contributed by atoms with Gasteiger partial charge in [-0.15, -0.1) is 11.3 Å². The molecule has 1 aliphatic carbocycles. The number of hydrogen-bond acceptors (Lipinski definition) is 5. The third kappa shape index (κ3) is 2.63. The fourth-order valence-electron chi connectivity index (χ4n) is 4.34. The zero-order chi connectivity index (χ0) is 20.1. The molecule has 29 heavy (non-hydrogen) atoms. The smallest absolute Gasteiger partial charge is 0.341 e. The number of esters is 1. The Morgan fingerprint density at radius 3 is 2.34 bits per heavy atom. The van der Waals surface area contributed by atoms with Crippen LogP contribution in [0.15, 0.2) is 36.4 Å². The number of hydrogen-bond donors (Lipinski definition) is 0. The van der Waals surface area contributed by atoms with Gasteiger partial charge in [-0.2, -0.15) is 0 Å². The van der Waals surface area contributed by atoms with Gasteiger partial charge in [0.05, 0.1) is 12.2 Å². The Morgan fingerprint density at radius 1 is 1.03 bits per heavy atom. The van der Waals surface area contributed by atoms with Crippen molar-refractivity contribution < 1.29 is 19.1 Å². The number of aryl methyl sites for hydroxylation is 1. The Balaban J connectivity index is 1.73. The van der Waals surface area contributed by atoms with Crippen molar-refractivity contribution in [1.82, 2.24) is 0 Å². The van der Waals surface area contributed by atoms with Crippen LogP contribution < -0.4 is 4.90 Å². The summed E-state index contributed by atoms with van der Waals surface area (Å²) in [6.07, 6.45) is 3.65. The molecule has 0 saturated heterocycles. The van der Waals surface area contributed by atoms with Crippen molar-refractivity contribution >= 4 is 44.9 Å². The van der Waals surface area contributed by atoms with Gasteiger partial charge in [-0.1, -0.05) is 24.3 Å². The van der Waals surface area contributed by atoms with E-state index in [9.17, 15) is 14.4 Å². The van der Waals surface area contributed by atoms with Crippen molar-refractivity contribution in [2.45, 2.75) is 32.6 Å². The van der Waals surface area contributed by atoms with Crippen molar-refractivity contribution in [3.63, 3.8) is 0 Å². The van der Waals surface area contributed by atoms with E-state index in [2.05, 4.69) is 0 Å². The first-order valence-electron chi connectivity index (χ1n) is 9.84. The molecule has 0 spiro atoms. The van der Waals surface area contributed by atoms with Crippen molar-refractivity contribution in [3.05, 3.63) is 63.5 Å². The zero-order valence-corrected chi connectivity index (χ0v) is 16.8. The lowest BCUT2D eigenvalue weighted by atomic mass is 9.93. The number of amides is 2. The number of carbonyl (C=O) groups is 3. The quantitative estimate of drug-likeness (QED) is 0.466. The molecule has 1 aliphatic heterocycles. The van der Waals surface area contributed by atoms with E-state index in [0.717, 1.165) is 41.5 Å². The largest absolute Gasteiger partial charge is 0.462 e. The highest BCUT2D eigenvalue weighted by Gasteiger charge is 2.39. The first kappa shape index (κ1) is 18.1. The molecule has 6 heteroatoms. The van der Waals surface area contributed by atoms with Crippen LogP contribution in [0, 0.1) is 0 Å². The number of imide groups is 1. The van der Waals surface area contributed by atoms with Crippen molar-refractivity contribution in [1.29, 1.82) is 0 Å². The van der Waals surface area contributed by atoms with Gasteiger partial charge in [-0.25, -0.2) is 9.69 Å². The summed E-state index contributed by atoms with van der Waals surface area (Å²) in [6, 6.07) is 10.9. The second-order valence-electron chi connectivity index (χ2n) is 7.27. The van der Waals surface area contributed by atoms with Crippen LogP contribution in [0.25, 0.3) is 10.8 Å². The lowest BCUT2D eigenvalue weighted by Gasteiger charge is -2.26. The Bertz CT molecular complexity index is 1140. The molecule has 2 aliphatic rings. The molecule has 0 unspecified atom stereocenters. The predicted octanol–water partition coefficient (Wildman–Crippen LogP) is 4.76. The van der Waals surface area contributed by atoms with Gasteiger partial charge in [0.15, 0.2) is 0 Å². The van der Waals surface area contributed by atoms with Crippen LogP contribution in [-0.4, -0.2) is 24.4 Å². The summed E-state index contributed by atoms with van der Waals surface area (Å²) >= 11 is 1.38. The minimum atomic E-state index is -0.459. The molecule has 2 aromatic carbocycles. The average molecular weight is 405 g/mol. The predicted molar refractivity (Wildman–Crippen MR) is 112 cm³/mol. The fourth-order valence-corrected chi connectivity index (χ4v) is 5.71. The molecule has 5 rings (SSSR count). The number of carbonyl (C=O) groups excluding carboxylic acids is 3. The first-order valence-corrected chi connectivity index (χ1v) is 10.7. The Labute approximate surface area is 171 Å². The first-order chi connectivity index (χ1) is 14.1. The SMILES string of the molecule is CCOC(=O)c1c(N2C(=O)c3cccc4cccc(c34)C2=O)sc2c1CCCC2. The molecule has 2 amide bonds. The van der Waals surface area contributed by atoms with Gasteiger partial charge >= 0.3 is 5.97 Å². The third-order valence-electron chi connectivity index (χ3n) is 5.61. The topological polar surface area (TPSA) is 63.7 Å². The monoisotopic (exact) mass is 405 g/mol. The van der Waals surface area contributed by atoms with E-state index in [1.54, 1.807) is 19.1 Å². The van der Waals surface area contributed by atoms with Crippen molar-refractivity contribution in [2.24, 2.45) is 0 Å². The van der Waals surface area contributed by atoms with Gasteiger partial charge in [-0.05, 0) is 55.7 Å². The molecule has 0 radical (unpaired) electrons. The molecule has 2 heterocycles. The standard InChI is InChI=1S/C23H19NO4S/c1-2-28-23(27)19-14-9-3-4-12-17(14)29-22(19)24-20(25)15-10-5-7-13-8-6-11-16(18(13)15)21(24)26/h5-8,10-11H,2-4,9,12H2,1H3. The van der Waals surface area contributed by atoms with Crippen LogP contribution in [0.4, 0.5) is 5.00 Å². The maximum atomic E-state index is 13.4. The summed E-state index contributed by atoms with van der Waals surface area (Å²) in [4.78, 5) is 41.9. The highest BCUT2D eigenvalue weighted by atomic mass is 32.1. The molecule has 0 N–H and O–H groups in total. The fraction of sp³-hybridized carbons (Fsp3) is 0.261. The second kappa shape index (κ2) is 6.81. The van der Waals surface area contributed by atoms with E-state index in [-0.39, 0.29) is 18.4 Å². The van der Waals surface area contributed by atoms with Crippen LogP contribution in [-0.2, 0) is 17.6 Å². The van der Waals surface area contributed by atoms with Gasteiger partial charge in [0.25, 0.3) is 11.8 Å². The molecular weight excluding hydrogens is 386 g/mol. The van der Waals surface area contributed by atoms with Gasteiger partial charge in [0.2, 0.25) is 0 Å². The highest BCUT2D eigenvalue weighted by molar-refractivity contribution is 7.17. The summed E-state index contributed by atoms with van der Waals surface area (Å²) < 4.78 is 5.30. The Hall–Kier alpha value is -2.99. The normalized spacial score (nSPS) is 15.6. The number of rotatable bonds is 3. The summed E-state index contributed by atoms with van der Waals surface area (Å²) in [6.45, 7) is 2.00. The Morgan fingerprint density at radius 2 is 1.69 bits per heavy atom. The molecule has 146 valence electrons. The summed E-state index contributed by atoms with van der Waals surface area (Å²) in [5.41, 5.74) is 2.30. The van der Waals surface area contributed by atoms with Crippen molar-refractivity contribution in [3.8, 4) is 0 Å². The lowest BCUT2D eigenvalue weighted by molar-refractivity contribution is 0.0526. The van der Waals surface area contributed by atoms with Gasteiger partial charge in [0.1, 0.15) is 5.00 Å². The number of anilines is 1. The number of fused-ring (bicyclic) bond motifs is 1. The molecule has 0 atom stereocenters. The molecule has 5 nitrogen and oxygen atoms in total. The molecule has 0 saturated carbocycles. The summed E-state index contributed by atoms with van der Waals surface area (Å²) in [5.74, 6) is -1.23. The van der Waals surface area contributed by atoms with Gasteiger partial charge < -0.3 is 4.74 Å². The van der Waals surface area contributed by atoms with Crippen LogP contribution in [0.1, 0.15) is 61.3 Å². The highest BCUT2D eigenvalue weighted by Crippen LogP contribution is 2.43. The van der Waals surface area contributed by atoms with Crippen LogP contribution in [0.5, 0.6) is 0 Å². The average Bonchev–Trinajstić information content (AvgIpc) is 3.11. The Kier molecular flexibility index (Phi) is 4.24. The summed E-state index contributed by atoms with van der Waals surface area (Å²) in [7, 11) is 0. The number of thiophene rings is 1. The number of nitrogens with zero attached hydrogens (tertiary/aromatic N) is 1. The van der Waals surface area contributed by atoms with E-state index in [1.807, 2.05) is 24.3 Å². The molecular formula is C23H19NO4S. The zero-order valence-electron chi connectivity index (χ0n) is 16.0. The third-order valence-corrected chi connectivity index (χ3v) is 6.88. The maximum absolute atomic E-state index is 13.4. The van der Waals surface area contributed by atoms with E-state index in [1.165, 1.54) is 16.2 Å². The molecule has 0 fully saturated rings. The van der Waals surface area contributed by atoms with Crippen molar-refractivity contribution in [2.75, 3.05) is 11.5 Å². The minimum absolute atomic E-state index is 0.243. The van der Waals surface area contributed by atoms with E-state index >= 15 is 0 Å². The lowest BCUT2D eigenvalue weighted by Crippen LogP contribution is -2.40. The second-order valence-corrected chi connectivity index (χ2v) is 8.35. The van der Waals surface area contributed by atoms with Crippen LogP contribution in [0.2, 0.25) is 0 Å². The molecule has 0 bridgehead atoms. The van der Waals surface area contributed by atoms with Gasteiger partial charge in [-0.3, -0.25) is 9.59 Å². The number of benzene rings is 2. The number of ether oxygens (including phenoxy) is 1. The van der Waals surface area contributed by atoms with Crippen LogP contribution in [0.3, 0.4) is 0 Å². The van der Waals surface area contributed by atoms with E-state index in [0.29, 0.717) is 27.1 Å². The minimum Gasteiger partial charge on any atom is -0.462 e. The van der Waals surface area contributed by atoms with Gasteiger partial charge in [0, 0.05) is 21.4 Å². The van der Waals surface area contributed by atoms with Crippen LogP contribution >= 0.6 is 11.3 Å². The molecule has 3 aromatic rings. The summed E-state index contributed by atoms with van der Waals surface area (Å²) in [5, 5.41) is 1.94. The van der Waals surface area contributed by atoms with E-state index < -0.39 is 5.97 Å². The van der Waals surface area contributed by atoms with E-state index in [4.69, 9.17) is 4.74 Å².